The van der Waals surface area contributed by atoms with Crippen molar-refractivity contribution in [1.29, 1.82) is 0 Å². The van der Waals surface area contributed by atoms with Gasteiger partial charge in [-0.3, -0.25) is 0 Å². The number of aliphatic hydroxyl groups is 1. The first-order chi connectivity index (χ1) is 31.4. The molecule has 1 N–H and O–H groups in total. The molecule has 67 heavy (non-hydrogen) atoms. The van der Waals surface area contributed by atoms with Crippen molar-refractivity contribution in [2.75, 3.05) is 27.9 Å². The summed E-state index contributed by atoms with van der Waals surface area (Å²) >= 11 is -4.27. The topological polar surface area (TPSA) is 149 Å². The van der Waals surface area contributed by atoms with E-state index >= 15 is 0 Å². The van der Waals surface area contributed by atoms with E-state index in [1.165, 1.54) is 4.90 Å². The van der Waals surface area contributed by atoms with E-state index in [2.05, 4.69) is 68.5 Å². The zero-order valence-corrected chi connectivity index (χ0v) is 56.8. The Morgan fingerprint density at radius 1 is 0.866 bits per heavy atom. The molecule has 13 nitrogen and oxygen atoms in total. The van der Waals surface area contributed by atoms with Gasteiger partial charge in [0.1, 0.15) is 0 Å². The number of amides is 1. The van der Waals surface area contributed by atoms with Gasteiger partial charge in [-0.05, 0) is 0 Å². The van der Waals surface area contributed by atoms with Gasteiger partial charge in [-0.1, -0.05) is 0 Å². The summed E-state index contributed by atoms with van der Waals surface area (Å²) in [4.78, 5) is 45.4. The number of carbonyl (C=O) groups excluding carboxylic acids is 3. The van der Waals surface area contributed by atoms with Crippen LogP contribution in [0.25, 0.3) is 0 Å². The fourth-order valence-corrected chi connectivity index (χ4v) is 35.1. The predicted octanol–water partition coefficient (Wildman–Crippen LogP) is 9.04. The van der Waals surface area contributed by atoms with Crippen LogP contribution in [0.15, 0.2) is 0 Å². The Hall–Kier alpha value is 0.957. The molecule has 6 aliphatic rings. The first kappa shape index (κ1) is 57.2. The number of hydrogen-bond donors (Lipinski definition) is 1. The summed E-state index contributed by atoms with van der Waals surface area (Å²) in [5.41, 5.74) is -1.42. The SMILES string of the molecule is CC[C@H]1[C@@H]2C[C@H]3O[C@](C)([CH]([Hg][Cl])[C@@H]4CC[C@@H](O[Si](C)(C)C(C)(C)C)[C@H](OC)C4)[C@@H](OC(=O)[C@@H]4CCCCN4C(=O)C(=O)[C@]4(O)O[C@H]([C@@H](OC)C[C@@H](C)C[C@](C)(O2)[C@@H]1[Hg][Cl])[C@@H](OC)C[C@H]4C)[C@@H]3C. The normalized spacial score (nSPS) is 44.3. The van der Waals surface area contributed by atoms with E-state index < -0.39 is 126 Å². The second-order valence-electron chi connectivity index (χ2n) is 23.5. The van der Waals surface area contributed by atoms with E-state index in [1.54, 1.807) is 28.3 Å². The molecule has 1 saturated carbocycles. The molecule has 6 rings (SSSR count). The van der Waals surface area contributed by atoms with E-state index in [9.17, 15) is 19.5 Å². The van der Waals surface area contributed by atoms with Gasteiger partial charge in [0.05, 0.1) is 0 Å². The molecule has 19 atom stereocenters. The molecule has 6 bridgehead atoms. The molecular formula is C49H83Cl2Hg2NO12Si. The molecule has 5 aliphatic heterocycles. The number of piperidine rings is 1. The average molecular weight is 1380 g/mol. The Kier molecular flexibility index (Phi) is 19.5. The molecular weight excluding hydrogens is 1290 g/mol. The van der Waals surface area contributed by atoms with E-state index in [4.69, 9.17) is 54.1 Å². The van der Waals surface area contributed by atoms with E-state index in [0.717, 1.165) is 32.1 Å². The fraction of sp³-hybridized carbons (Fsp3) is 0.939. The van der Waals surface area contributed by atoms with Gasteiger partial charge in [0.15, 0.2) is 0 Å². The van der Waals surface area contributed by atoms with Crippen LogP contribution in [0.2, 0.25) is 25.0 Å². The Bertz CT molecular complexity index is 1730. The molecule has 5 saturated heterocycles. The van der Waals surface area contributed by atoms with Gasteiger partial charge in [-0.25, -0.2) is 0 Å². The number of esters is 1. The van der Waals surface area contributed by atoms with Crippen LogP contribution in [0.5, 0.6) is 0 Å². The second kappa shape index (κ2) is 22.8. The number of carbonyl (C=O) groups is 3. The molecule has 18 heteroatoms. The second-order valence-corrected chi connectivity index (χ2v) is 42.9. The number of ether oxygens (including phenoxy) is 7. The van der Waals surface area contributed by atoms with Crippen molar-refractivity contribution in [2.45, 2.75) is 230 Å². The minimum atomic E-state index is -2.47. The van der Waals surface area contributed by atoms with Crippen LogP contribution in [-0.4, -0.2) is 136 Å². The minimum absolute atomic E-state index is 0.0139. The third-order valence-electron chi connectivity index (χ3n) is 18.2. The Morgan fingerprint density at radius 3 is 2.12 bits per heavy atom. The van der Waals surface area contributed by atoms with Gasteiger partial charge >= 0.3 is 438 Å². The van der Waals surface area contributed by atoms with Crippen molar-refractivity contribution in [3.8, 4) is 0 Å². The van der Waals surface area contributed by atoms with Crippen molar-refractivity contribution >= 4 is 42.5 Å². The Labute approximate surface area is 434 Å². The number of rotatable bonds is 10. The molecule has 1 amide bonds. The molecule has 0 spiro atoms. The Balaban J connectivity index is 1.40. The van der Waals surface area contributed by atoms with Gasteiger partial charge in [0.2, 0.25) is 0 Å². The van der Waals surface area contributed by atoms with Crippen LogP contribution in [0.4, 0.5) is 0 Å². The number of methoxy groups -OCH3 is 3. The average Bonchev–Trinajstić information content (AvgIpc) is 3.68. The number of Topliss-reactive ketones (excluding diaryl/α,β-unsaturated/α-hetero) is 1. The molecule has 1 aliphatic carbocycles. The fourth-order valence-electron chi connectivity index (χ4n) is 13.2. The molecule has 0 aromatic rings. The summed E-state index contributed by atoms with van der Waals surface area (Å²) in [6.07, 6.45) is 3.95. The van der Waals surface area contributed by atoms with E-state index in [0.29, 0.717) is 32.1 Å². The number of hydrogen-bond acceptors (Lipinski definition) is 12. The summed E-state index contributed by atoms with van der Waals surface area (Å²) in [6.45, 7) is 24.1. The predicted molar refractivity (Wildman–Crippen MR) is 251 cm³/mol. The molecule has 378 valence electrons. The molecule has 0 aromatic heterocycles. The third kappa shape index (κ3) is 11.5. The van der Waals surface area contributed by atoms with Gasteiger partial charge in [-0.2, -0.15) is 0 Å². The van der Waals surface area contributed by atoms with Gasteiger partial charge in [0.25, 0.3) is 0 Å². The maximum absolute atomic E-state index is 15.0. The summed E-state index contributed by atoms with van der Waals surface area (Å²) in [7, 11) is 17.4. The standard InChI is InChI=1S/C49H83NO12Si.2ClH.2Hg/c1-15-33-28-47(8)26-29(2)22-39(56-11)41-40(57-12)23-30(3)49(54,61-41)42(51)44(52)50-21-17-16-18-34(50)45(53)58-43-31(4)36(25-37(33)59-47)60-48(43,9)27-32-19-20-35(38(24-32)55-10)62-63(13,14)46(5,6)7;;;;/h27-41,43,54H,15-26H2,1-14H3;2*1H;;/q;;;2*+1/p-2/t29-,30-,31-,32-,33-,34+,35-,36-,37+,38-,39+,40+,41-,43+,47+,48-,49-;;;;/m1..../s1. The van der Waals surface area contributed by atoms with Crippen molar-refractivity contribution in [2.24, 2.45) is 29.6 Å². The Morgan fingerprint density at radius 2 is 1.52 bits per heavy atom. The number of nitrogens with zero attached hydrogens (tertiary/aromatic N) is 1. The van der Waals surface area contributed by atoms with Crippen LogP contribution in [0.1, 0.15) is 133 Å². The summed E-state index contributed by atoms with van der Waals surface area (Å²) in [5, 5.41) is 12.4. The van der Waals surface area contributed by atoms with Gasteiger partial charge in [0, 0.05) is 0 Å². The van der Waals surface area contributed by atoms with E-state index in [1.807, 2.05) is 0 Å². The van der Waals surface area contributed by atoms with Crippen molar-refractivity contribution in [1.82, 2.24) is 4.90 Å². The van der Waals surface area contributed by atoms with Gasteiger partial charge < -0.3 is 0 Å². The molecule has 1 unspecified atom stereocenters. The van der Waals surface area contributed by atoms with Crippen molar-refractivity contribution in [3.63, 3.8) is 0 Å². The van der Waals surface area contributed by atoms with Crippen molar-refractivity contribution < 1.29 is 104 Å². The van der Waals surface area contributed by atoms with Crippen molar-refractivity contribution in [3.05, 3.63) is 0 Å². The third-order valence-corrected chi connectivity index (χ3v) is 42.6. The summed E-state index contributed by atoms with van der Waals surface area (Å²) in [6, 6.07) is -1.04. The van der Waals surface area contributed by atoms with E-state index in [-0.39, 0.29) is 72.9 Å². The quantitative estimate of drug-likeness (QED) is 0.126. The maximum atomic E-state index is 15.0. The van der Waals surface area contributed by atoms with Crippen LogP contribution in [-0.2, 0) is 98.6 Å². The number of fused-ring (bicyclic) bond motifs is 7. The molecule has 0 radical (unpaired) electrons. The molecule has 0 aromatic carbocycles. The zero-order chi connectivity index (χ0) is 49.6. The van der Waals surface area contributed by atoms with Gasteiger partial charge in [-0.15, -0.1) is 0 Å². The number of ketones is 1. The first-order valence-electron chi connectivity index (χ1n) is 25.6. The zero-order valence-electron chi connectivity index (χ0n) is 43.3. The first-order valence-corrected chi connectivity index (χ1v) is 48.4. The summed E-state index contributed by atoms with van der Waals surface area (Å²) in [5.74, 6) is -5.64. The van der Waals surface area contributed by atoms with Crippen LogP contribution in [0.3, 0.4) is 0 Å². The number of halogens is 2. The monoisotopic (exact) mass is 1380 g/mol. The van der Waals surface area contributed by atoms with Crippen LogP contribution >= 0.6 is 16.5 Å². The van der Waals surface area contributed by atoms with Crippen LogP contribution < -0.4 is 0 Å². The molecule has 6 fully saturated rings. The van der Waals surface area contributed by atoms with Crippen LogP contribution in [0, 0.1) is 29.6 Å². The molecule has 5 heterocycles. The summed E-state index contributed by atoms with van der Waals surface area (Å²) < 4.78 is 53.6.